The molecule has 0 aliphatic heterocycles. The number of aryl methyl sites for hydroxylation is 1. The van der Waals surface area contributed by atoms with Crippen LogP contribution in [0.25, 0.3) is 11.3 Å². The van der Waals surface area contributed by atoms with Crippen molar-refractivity contribution in [1.82, 2.24) is 15.0 Å². The fourth-order valence-corrected chi connectivity index (χ4v) is 1.77. The van der Waals surface area contributed by atoms with Gasteiger partial charge in [0.1, 0.15) is 12.2 Å². The summed E-state index contributed by atoms with van der Waals surface area (Å²) in [6, 6.07) is 9.78. The third-order valence-electron chi connectivity index (χ3n) is 2.58. The fourth-order valence-electron chi connectivity index (χ4n) is 1.77. The van der Waals surface area contributed by atoms with Gasteiger partial charge in [-0.05, 0) is 12.5 Å². The van der Waals surface area contributed by atoms with Crippen LogP contribution in [0.5, 0.6) is 0 Å². The molecule has 0 unspecified atom stereocenters. The Morgan fingerprint density at radius 1 is 1.41 bits per heavy atom. The van der Waals surface area contributed by atoms with Gasteiger partial charge in [-0.25, -0.2) is 4.68 Å². The molecule has 2 aromatic rings. The zero-order valence-electron chi connectivity index (χ0n) is 9.46. The highest BCUT2D eigenvalue weighted by atomic mass is 16.3. The molecule has 0 radical (unpaired) electrons. The number of nitriles is 1. The number of hydrogen-bond acceptors (Lipinski definition) is 4. The van der Waals surface area contributed by atoms with Crippen molar-refractivity contribution in [3.63, 3.8) is 0 Å². The maximum atomic E-state index is 9.25. The molecule has 1 heterocycles. The maximum absolute atomic E-state index is 9.25. The standard InChI is InChI=1S/C12H12N4O/c1-9-4-2-3-5-10(9)12-11(8-17)14-15-16(12)7-6-13/h2-5,17H,7-8H2,1H3. The van der Waals surface area contributed by atoms with Crippen molar-refractivity contribution in [2.24, 2.45) is 0 Å². The number of aromatic nitrogens is 3. The van der Waals surface area contributed by atoms with E-state index in [1.807, 2.05) is 37.3 Å². The van der Waals surface area contributed by atoms with E-state index in [-0.39, 0.29) is 13.2 Å². The first-order chi connectivity index (χ1) is 8.27. The smallest absolute Gasteiger partial charge is 0.130 e. The Hall–Kier alpha value is -2.19. The topological polar surface area (TPSA) is 74.7 Å². The van der Waals surface area contributed by atoms with Gasteiger partial charge in [0.25, 0.3) is 0 Å². The first kappa shape index (κ1) is 11.3. The molecule has 0 spiro atoms. The van der Waals surface area contributed by atoms with Crippen molar-refractivity contribution >= 4 is 0 Å². The Kier molecular flexibility index (Phi) is 3.17. The molecule has 0 aliphatic rings. The Labute approximate surface area is 98.9 Å². The fraction of sp³-hybridized carbons (Fsp3) is 0.250. The molecule has 0 atom stereocenters. The van der Waals surface area contributed by atoms with Gasteiger partial charge in [-0.3, -0.25) is 0 Å². The van der Waals surface area contributed by atoms with Crippen LogP contribution in [0.3, 0.4) is 0 Å². The molecule has 1 N–H and O–H groups in total. The molecular formula is C12H12N4O. The van der Waals surface area contributed by atoms with Crippen LogP contribution in [0.2, 0.25) is 0 Å². The molecule has 86 valence electrons. The van der Waals surface area contributed by atoms with Crippen LogP contribution in [0, 0.1) is 18.3 Å². The first-order valence-corrected chi connectivity index (χ1v) is 5.24. The summed E-state index contributed by atoms with van der Waals surface area (Å²) in [5, 5.41) is 25.8. The van der Waals surface area contributed by atoms with Gasteiger partial charge < -0.3 is 5.11 Å². The lowest BCUT2D eigenvalue weighted by Crippen LogP contribution is -2.02. The third kappa shape index (κ3) is 2.03. The highest BCUT2D eigenvalue weighted by Gasteiger charge is 2.15. The summed E-state index contributed by atoms with van der Waals surface area (Å²) in [5.74, 6) is 0. The molecule has 0 amide bonds. The highest BCUT2D eigenvalue weighted by molar-refractivity contribution is 5.65. The van der Waals surface area contributed by atoms with Gasteiger partial charge >= 0.3 is 0 Å². The van der Waals surface area contributed by atoms with E-state index in [0.29, 0.717) is 11.4 Å². The number of rotatable bonds is 3. The van der Waals surface area contributed by atoms with E-state index in [1.165, 1.54) is 4.68 Å². The predicted molar refractivity (Wildman–Crippen MR) is 61.7 cm³/mol. The second kappa shape index (κ2) is 4.76. The Bertz CT molecular complexity index is 568. The molecule has 5 nitrogen and oxygen atoms in total. The van der Waals surface area contributed by atoms with Gasteiger partial charge in [-0.15, -0.1) is 5.10 Å². The van der Waals surface area contributed by atoms with E-state index < -0.39 is 0 Å². The largest absolute Gasteiger partial charge is 0.390 e. The van der Waals surface area contributed by atoms with Crippen LogP contribution in [0.15, 0.2) is 24.3 Å². The molecule has 0 saturated carbocycles. The number of aliphatic hydroxyl groups is 1. The van der Waals surface area contributed by atoms with Crippen LogP contribution in [-0.2, 0) is 13.2 Å². The van der Waals surface area contributed by atoms with E-state index in [1.54, 1.807) is 0 Å². The van der Waals surface area contributed by atoms with Crippen molar-refractivity contribution in [1.29, 1.82) is 5.26 Å². The third-order valence-corrected chi connectivity index (χ3v) is 2.58. The summed E-state index contributed by atoms with van der Waals surface area (Å²) in [7, 11) is 0. The van der Waals surface area contributed by atoms with Gasteiger partial charge in [0.2, 0.25) is 0 Å². The minimum Gasteiger partial charge on any atom is -0.390 e. The van der Waals surface area contributed by atoms with E-state index in [0.717, 1.165) is 11.1 Å². The summed E-state index contributed by atoms with van der Waals surface area (Å²) in [6.45, 7) is 1.91. The van der Waals surface area contributed by atoms with Gasteiger partial charge in [-0.2, -0.15) is 5.26 Å². The van der Waals surface area contributed by atoms with Crippen LogP contribution < -0.4 is 0 Å². The molecule has 2 rings (SSSR count). The second-order valence-electron chi connectivity index (χ2n) is 3.67. The summed E-state index contributed by atoms with van der Waals surface area (Å²) in [5.41, 5.74) is 3.21. The monoisotopic (exact) mass is 228 g/mol. The van der Waals surface area contributed by atoms with Gasteiger partial charge in [0.05, 0.1) is 18.4 Å². The SMILES string of the molecule is Cc1ccccc1-c1c(CO)nnn1CC#N. The predicted octanol–water partition coefficient (Wildman–Crippen LogP) is 1.27. The van der Waals surface area contributed by atoms with Crippen LogP contribution >= 0.6 is 0 Å². The number of hydrogen-bond donors (Lipinski definition) is 1. The lowest BCUT2D eigenvalue weighted by molar-refractivity contribution is 0.277. The van der Waals surface area contributed by atoms with Gasteiger partial charge in [0.15, 0.2) is 0 Å². The van der Waals surface area contributed by atoms with Crippen LogP contribution in [0.4, 0.5) is 0 Å². The average Bonchev–Trinajstić information content (AvgIpc) is 2.73. The molecule has 0 bridgehead atoms. The average molecular weight is 228 g/mol. The summed E-state index contributed by atoms with van der Waals surface area (Å²) < 4.78 is 1.51. The highest BCUT2D eigenvalue weighted by Crippen LogP contribution is 2.25. The van der Waals surface area contributed by atoms with Crippen LogP contribution in [-0.4, -0.2) is 20.1 Å². The van der Waals surface area contributed by atoms with E-state index in [4.69, 9.17) is 5.26 Å². The lowest BCUT2D eigenvalue weighted by Gasteiger charge is -2.07. The van der Waals surface area contributed by atoms with E-state index in [2.05, 4.69) is 10.3 Å². The zero-order valence-corrected chi connectivity index (χ0v) is 9.46. The summed E-state index contributed by atoms with van der Waals surface area (Å²) in [4.78, 5) is 0. The molecule has 0 aliphatic carbocycles. The van der Waals surface area contributed by atoms with Crippen molar-refractivity contribution in [2.75, 3.05) is 0 Å². The van der Waals surface area contributed by atoms with Gasteiger partial charge in [0, 0.05) is 5.56 Å². The number of nitrogens with zero attached hydrogens (tertiary/aromatic N) is 4. The summed E-state index contributed by atoms with van der Waals surface area (Å²) >= 11 is 0. The zero-order chi connectivity index (χ0) is 12.3. The Morgan fingerprint density at radius 3 is 2.82 bits per heavy atom. The quantitative estimate of drug-likeness (QED) is 0.858. The lowest BCUT2D eigenvalue weighted by atomic mass is 10.0. The number of benzene rings is 1. The molecular weight excluding hydrogens is 216 g/mol. The number of aliphatic hydroxyl groups excluding tert-OH is 1. The summed E-state index contributed by atoms with van der Waals surface area (Å²) in [6.07, 6.45) is 0. The Morgan fingerprint density at radius 2 is 2.18 bits per heavy atom. The van der Waals surface area contributed by atoms with Crippen molar-refractivity contribution in [3.05, 3.63) is 35.5 Å². The van der Waals surface area contributed by atoms with Gasteiger partial charge in [-0.1, -0.05) is 29.5 Å². The van der Waals surface area contributed by atoms with Crippen molar-refractivity contribution in [2.45, 2.75) is 20.1 Å². The molecule has 0 saturated heterocycles. The molecule has 17 heavy (non-hydrogen) atoms. The molecule has 1 aromatic carbocycles. The molecule has 0 fully saturated rings. The van der Waals surface area contributed by atoms with Crippen molar-refractivity contribution < 1.29 is 5.11 Å². The molecule has 5 heteroatoms. The maximum Gasteiger partial charge on any atom is 0.130 e. The van der Waals surface area contributed by atoms with Crippen molar-refractivity contribution in [3.8, 4) is 17.3 Å². The Balaban J connectivity index is 2.61. The minimum absolute atomic E-state index is 0.122. The first-order valence-electron chi connectivity index (χ1n) is 5.24. The molecule has 1 aromatic heterocycles. The van der Waals surface area contributed by atoms with E-state index >= 15 is 0 Å². The van der Waals surface area contributed by atoms with E-state index in [9.17, 15) is 5.11 Å². The van der Waals surface area contributed by atoms with Crippen LogP contribution in [0.1, 0.15) is 11.3 Å². The second-order valence-corrected chi connectivity index (χ2v) is 3.67. The minimum atomic E-state index is -0.185. The normalized spacial score (nSPS) is 10.2.